The molecular formula is C13H17NO2. The fourth-order valence-electron chi connectivity index (χ4n) is 1.94. The average molecular weight is 219 g/mol. The molecule has 1 saturated heterocycles. The van der Waals surface area contributed by atoms with Gasteiger partial charge in [0.15, 0.2) is 0 Å². The van der Waals surface area contributed by atoms with E-state index in [0.717, 1.165) is 0 Å². The van der Waals surface area contributed by atoms with Gasteiger partial charge in [-0.05, 0) is 12.5 Å². The Kier molecular flexibility index (Phi) is 3.25. The molecular weight excluding hydrogens is 202 g/mol. The first-order valence-electron chi connectivity index (χ1n) is 5.66. The zero-order valence-corrected chi connectivity index (χ0v) is 9.64. The van der Waals surface area contributed by atoms with Crippen LogP contribution in [0.4, 0.5) is 0 Å². The summed E-state index contributed by atoms with van der Waals surface area (Å²) >= 11 is 0. The molecule has 1 aromatic carbocycles. The summed E-state index contributed by atoms with van der Waals surface area (Å²) in [6.45, 7) is 4.68. The lowest BCUT2D eigenvalue weighted by molar-refractivity contribution is -0.142. The lowest BCUT2D eigenvalue weighted by atomic mass is 10.00. The number of benzene rings is 1. The third-order valence-corrected chi connectivity index (χ3v) is 3.19. The molecule has 0 unspecified atom stereocenters. The quantitative estimate of drug-likeness (QED) is 0.787. The van der Waals surface area contributed by atoms with Gasteiger partial charge in [0.05, 0.1) is 0 Å². The van der Waals surface area contributed by atoms with Gasteiger partial charge in [-0.3, -0.25) is 10.1 Å². The molecule has 0 bridgehead atoms. The highest BCUT2D eigenvalue weighted by Gasteiger charge is 2.38. The molecule has 1 N–H and O–H groups in total. The molecule has 3 heteroatoms. The molecule has 3 nitrogen and oxygen atoms in total. The highest BCUT2D eigenvalue weighted by molar-refractivity contribution is 5.78. The predicted octanol–water partition coefficient (Wildman–Crippen LogP) is 1.73. The van der Waals surface area contributed by atoms with Crippen molar-refractivity contribution in [1.82, 2.24) is 5.32 Å². The lowest BCUT2D eigenvalue weighted by Gasteiger charge is -2.14. The molecule has 0 aliphatic carbocycles. The van der Waals surface area contributed by atoms with Crippen molar-refractivity contribution in [1.29, 1.82) is 0 Å². The van der Waals surface area contributed by atoms with Crippen LogP contribution >= 0.6 is 0 Å². The summed E-state index contributed by atoms with van der Waals surface area (Å²) in [4.78, 5) is 11.5. The maximum atomic E-state index is 11.5. The molecule has 16 heavy (non-hydrogen) atoms. The van der Waals surface area contributed by atoms with Crippen molar-refractivity contribution in [3.63, 3.8) is 0 Å². The molecule has 1 heterocycles. The van der Waals surface area contributed by atoms with Gasteiger partial charge < -0.3 is 4.74 Å². The van der Waals surface area contributed by atoms with Crippen LogP contribution < -0.4 is 5.32 Å². The van der Waals surface area contributed by atoms with E-state index in [1.807, 2.05) is 44.2 Å². The minimum absolute atomic E-state index is 0.0146. The molecule has 0 spiro atoms. The Morgan fingerprint density at radius 1 is 1.25 bits per heavy atom. The normalized spacial score (nSPS) is 29.1. The van der Waals surface area contributed by atoms with Crippen LogP contribution in [-0.4, -0.2) is 18.1 Å². The number of cyclic esters (lactones) is 1. The third kappa shape index (κ3) is 2.25. The summed E-state index contributed by atoms with van der Waals surface area (Å²) in [5.41, 5.74) is 1.18. The van der Waals surface area contributed by atoms with Gasteiger partial charge in [-0.15, -0.1) is 0 Å². The van der Waals surface area contributed by atoms with Gasteiger partial charge in [0.25, 0.3) is 0 Å². The number of nitrogens with one attached hydrogen (secondary N) is 1. The first-order valence-corrected chi connectivity index (χ1v) is 5.66. The Labute approximate surface area is 95.8 Å². The Morgan fingerprint density at radius 2 is 1.94 bits per heavy atom. The van der Waals surface area contributed by atoms with Crippen molar-refractivity contribution in [3.8, 4) is 0 Å². The van der Waals surface area contributed by atoms with E-state index in [1.54, 1.807) is 0 Å². The second-order valence-electron chi connectivity index (χ2n) is 4.35. The third-order valence-electron chi connectivity index (χ3n) is 3.19. The summed E-state index contributed by atoms with van der Waals surface area (Å²) < 4.78 is 5.17. The maximum Gasteiger partial charge on any atom is 0.323 e. The Balaban J connectivity index is 1.93. The second kappa shape index (κ2) is 4.66. The van der Waals surface area contributed by atoms with Crippen LogP contribution in [0.2, 0.25) is 0 Å². The van der Waals surface area contributed by atoms with Crippen molar-refractivity contribution in [3.05, 3.63) is 35.9 Å². The monoisotopic (exact) mass is 219 g/mol. The molecule has 0 aromatic heterocycles. The highest BCUT2D eigenvalue weighted by atomic mass is 16.6. The van der Waals surface area contributed by atoms with E-state index in [4.69, 9.17) is 4.74 Å². The van der Waals surface area contributed by atoms with E-state index in [-0.39, 0.29) is 24.0 Å². The van der Waals surface area contributed by atoms with Crippen molar-refractivity contribution in [2.45, 2.75) is 32.5 Å². The van der Waals surface area contributed by atoms with Crippen molar-refractivity contribution >= 4 is 5.97 Å². The van der Waals surface area contributed by atoms with Gasteiger partial charge in [-0.25, -0.2) is 0 Å². The summed E-state index contributed by atoms with van der Waals surface area (Å²) in [5, 5.41) is 3.25. The van der Waals surface area contributed by atoms with Gasteiger partial charge in [0, 0.05) is 12.5 Å². The van der Waals surface area contributed by atoms with E-state index in [0.29, 0.717) is 6.54 Å². The van der Waals surface area contributed by atoms with Crippen LogP contribution in [0.3, 0.4) is 0 Å². The van der Waals surface area contributed by atoms with E-state index < -0.39 is 0 Å². The number of ether oxygens (including phenoxy) is 1. The summed E-state index contributed by atoms with van der Waals surface area (Å²) in [7, 11) is 0. The Hall–Kier alpha value is -1.35. The van der Waals surface area contributed by atoms with Crippen LogP contribution in [0.1, 0.15) is 19.4 Å². The number of hydrogen-bond acceptors (Lipinski definition) is 3. The SMILES string of the molecule is C[C@H]1[C@H](C)OC(=O)[C@H]1NCc1ccccc1. The average Bonchev–Trinajstić information content (AvgIpc) is 2.53. The van der Waals surface area contributed by atoms with E-state index in [2.05, 4.69) is 5.32 Å². The minimum atomic E-state index is -0.171. The molecule has 1 fully saturated rings. The highest BCUT2D eigenvalue weighted by Crippen LogP contribution is 2.21. The molecule has 0 amide bonds. The zero-order valence-electron chi connectivity index (χ0n) is 9.64. The minimum Gasteiger partial charge on any atom is -0.461 e. The van der Waals surface area contributed by atoms with Crippen LogP contribution in [0.15, 0.2) is 30.3 Å². The van der Waals surface area contributed by atoms with Crippen molar-refractivity contribution < 1.29 is 9.53 Å². The summed E-state index contributed by atoms with van der Waals surface area (Å²) in [6.07, 6.45) is 0.0146. The summed E-state index contributed by atoms with van der Waals surface area (Å²) in [6, 6.07) is 9.89. The Morgan fingerprint density at radius 3 is 2.50 bits per heavy atom. The lowest BCUT2D eigenvalue weighted by Crippen LogP contribution is -2.37. The van der Waals surface area contributed by atoms with Crippen LogP contribution in [-0.2, 0) is 16.1 Å². The predicted molar refractivity (Wildman–Crippen MR) is 61.8 cm³/mol. The fraction of sp³-hybridized carbons (Fsp3) is 0.462. The van der Waals surface area contributed by atoms with Gasteiger partial charge >= 0.3 is 5.97 Å². The molecule has 3 atom stereocenters. The number of carbonyl (C=O) groups excluding carboxylic acids is 1. The second-order valence-corrected chi connectivity index (χ2v) is 4.35. The van der Waals surface area contributed by atoms with E-state index in [9.17, 15) is 4.79 Å². The number of esters is 1. The van der Waals surface area contributed by atoms with E-state index >= 15 is 0 Å². The zero-order chi connectivity index (χ0) is 11.5. The van der Waals surface area contributed by atoms with Gasteiger partial charge in [0.2, 0.25) is 0 Å². The van der Waals surface area contributed by atoms with Crippen molar-refractivity contribution in [2.24, 2.45) is 5.92 Å². The molecule has 1 aliphatic heterocycles. The molecule has 0 radical (unpaired) electrons. The topological polar surface area (TPSA) is 38.3 Å². The first-order chi connectivity index (χ1) is 7.68. The molecule has 86 valence electrons. The van der Waals surface area contributed by atoms with Crippen LogP contribution in [0, 0.1) is 5.92 Å². The largest absolute Gasteiger partial charge is 0.461 e. The first kappa shape index (κ1) is 11.1. The summed E-state index contributed by atoms with van der Waals surface area (Å²) in [5.74, 6) is 0.104. The maximum absolute atomic E-state index is 11.5. The van der Waals surface area contributed by atoms with Gasteiger partial charge in [0.1, 0.15) is 12.1 Å². The van der Waals surface area contributed by atoms with Crippen molar-refractivity contribution in [2.75, 3.05) is 0 Å². The smallest absolute Gasteiger partial charge is 0.323 e. The number of carbonyl (C=O) groups is 1. The molecule has 2 rings (SSSR count). The molecule has 1 aliphatic rings. The van der Waals surface area contributed by atoms with Gasteiger partial charge in [-0.1, -0.05) is 37.3 Å². The molecule has 1 aromatic rings. The van der Waals surface area contributed by atoms with Gasteiger partial charge in [-0.2, -0.15) is 0 Å². The standard InChI is InChI=1S/C13H17NO2/c1-9-10(2)16-13(15)12(9)14-8-11-6-4-3-5-7-11/h3-7,9-10,12,14H,8H2,1-2H3/t9-,10-,12-/m0/s1. The van der Waals surface area contributed by atoms with Crippen LogP contribution in [0.25, 0.3) is 0 Å². The fourth-order valence-corrected chi connectivity index (χ4v) is 1.94. The Bertz CT molecular complexity index is 363. The van der Waals surface area contributed by atoms with Crippen LogP contribution in [0.5, 0.6) is 0 Å². The number of rotatable bonds is 3. The number of hydrogen-bond donors (Lipinski definition) is 1. The molecule has 0 saturated carbocycles. The van der Waals surface area contributed by atoms with E-state index in [1.165, 1.54) is 5.56 Å².